The Bertz CT molecular complexity index is 1130. The van der Waals surface area contributed by atoms with Crippen LogP contribution in [0.5, 0.6) is 0 Å². The van der Waals surface area contributed by atoms with Crippen molar-refractivity contribution >= 4 is 11.6 Å². The lowest BCUT2D eigenvalue weighted by Crippen LogP contribution is -2.33. The normalized spacial score (nSPS) is 14.3. The molecule has 0 saturated heterocycles. The van der Waals surface area contributed by atoms with Crippen LogP contribution in [0.1, 0.15) is 28.1 Å². The van der Waals surface area contributed by atoms with Crippen molar-refractivity contribution in [2.75, 3.05) is 34.2 Å². The van der Waals surface area contributed by atoms with Crippen molar-refractivity contribution < 1.29 is 14.4 Å². The predicted molar refractivity (Wildman–Crippen MR) is 120 cm³/mol. The fourth-order valence-corrected chi connectivity index (χ4v) is 3.91. The molecule has 0 fully saturated rings. The van der Waals surface area contributed by atoms with E-state index in [-0.39, 0.29) is 5.91 Å². The van der Waals surface area contributed by atoms with Crippen molar-refractivity contribution in [3.63, 3.8) is 0 Å². The van der Waals surface area contributed by atoms with Crippen LogP contribution in [0.3, 0.4) is 0 Å². The van der Waals surface area contributed by atoms with Gasteiger partial charge in [-0.25, -0.2) is 0 Å². The molecule has 1 N–H and O–H groups in total. The van der Waals surface area contributed by atoms with Crippen molar-refractivity contribution in [1.29, 1.82) is 0 Å². The molecule has 0 bridgehead atoms. The van der Waals surface area contributed by atoms with Gasteiger partial charge in [0.25, 0.3) is 5.91 Å². The van der Waals surface area contributed by atoms with Crippen LogP contribution in [-0.2, 0) is 6.42 Å². The van der Waals surface area contributed by atoms with E-state index in [1.807, 2.05) is 49.5 Å². The van der Waals surface area contributed by atoms with Gasteiger partial charge in [-0.15, -0.1) is 0 Å². The maximum Gasteiger partial charge on any atom is 0.289 e. The molecule has 160 valence electrons. The highest BCUT2D eigenvalue weighted by molar-refractivity contribution is 6.05. The molecule has 1 aliphatic carbocycles. The number of hydrogen-bond acceptors (Lipinski definition) is 6. The molecule has 2 heterocycles. The minimum atomic E-state index is -0.151. The number of rotatable bonds is 6. The van der Waals surface area contributed by atoms with Gasteiger partial charge in [0, 0.05) is 49.2 Å². The summed E-state index contributed by atoms with van der Waals surface area (Å²) in [6.45, 7) is 1.38. The van der Waals surface area contributed by atoms with Gasteiger partial charge < -0.3 is 19.4 Å². The molecule has 1 aliphatic rings. The van der Waals surface area contributed by atoms with Crippen molar-refractivity contribution in [2.24, 2.45) is 5.16 Å². The fourth-order valence-electron chi connectivity index (χ4n) is 3.91. The molecule has 0 radical (unpaired) electrons. The Labute approximate surface area is 181 Å². The number of carbonyl (C=O) groups excluding carboxylic acids is 1. The highest BCUT2D eigenvalue weighted by Crippen LogP contribution is 2.36. The number of amides is 1. The molecule has 0 saturated carbocycles. The van der Waals surface area contributed by atoms with Gasteiger partial charge >= 0.3 is 0 Å². The lowest BCUT2D eigenvalue weighted by Gasteiger charge is -2.19. The van der Waals surface area contributed by atoms with Crippen molar-refractivity contribution in [2.45, 2.75) is 12.8 Å². The number of pyridine rings is 1. The molecule has 0 aliphatic heterocycles. The minimum absolute atomic E-state index is 0.151. The largest absolute Gasteiger partial charge is 0.459 e. The van der Waals surface area contributed by atoms with E-state index in [2.05, 4.69) is 16.2 Å². The summed E-state index contributed by atoms with van der Waals surface area (Å²) in [5, 5.41) is 12.6. The molecule has 7 heteroatoms. The van der Waals surface area contributed by atoms with E-state index >= 15 is 0 Å². The highest BCUT2D eigenvalue weighted by Gasteiger charge is 2.24. The summed E-state index contributed by atoms with van der Waals surface area (Å²) in [4.78, 5) is 21.1. The smallest absolute Gasteiger partial charge is 0.289 e. The quantitative estimate of drug-likeness (QED) is 0.487. The molecular weight excluding hydrogens is 392 g/mol. The van der Waals surface area contributed by atoms with Crippen LogP contribution >= 0.6 is 0 Å². The first-order chi connectivity index (χ1) is 15.0. The standard InChI is InChI=1S/C24H26N4O3/c1-27(2)11-12-28(3)24(29)23-20(9-13-31-23)19-8-10-25-15-21(19)17-4-6-18-16(14-17)5-7-22(18)26-30/h4,6,8-10,13-15,30H,5,7,11-12H2,1-3H3. The Hall–Kier alpha value is -3.45. The molecule has 0 atom stereocenters. The van der Waals surface area contributed by atoms with Gasteiger partial charge in [-0.1, -0.05) is 23.4 Å². The van der Waals surface area contributed by atoms with E-state index in [0.717, 1.165) is 58.5 Å². The summed E-state index contributed by atoms with van der Waals surface area (Å²) in [5.41, 5.74) is 6.41. The van der Waals surface area contributed by atoms with Gasteiger partial charge in [-0.05, 0) is 55.8 Å². The van der Waals surface area contributed by atoms with E-state index in [0.29, 0.717) is 12.3 Å². The maximum absolute atomic E-state index is 13.0. The van der Waals surface area contributed by atoms with Gasteiger partial charge in [0.1, 0.15) is 0 Å². The Morgan fingerprint density at radius 2 is 1.90 bits per heavy atom. The second kappa shape index (κ2) is 8.73. The number of oxime groups is 1. The van der Waals surface area contributed by atoms with Crippen molar-refractivity contribution in [1.82, 2.24) is 14.8 Å². The van der Waals surface area contributed by atoms with Crippen molar-refractivity contribution in [3.8, 4) is 22.3 Å². The second-order valence-electron chi connectivity index (χ2n) is 8.03. The number of aromatic nitrogens is 1. The third-order valence-corrected chi connectivity index (χ3v) is 5.68. The summed E-state index contributed by atoms with van der Waals surface area (Å²) in [6, 6.07) is 9.83. The van der Waals surface area contributed by atoms with E-state index < -0.39 is 0 Å². The van der Waals surface area contributed by atoms with Crippen LogP contribution < -0.4 is 0 Å². The first-order valence-corrected chi connectivity index (χ1v) is 10.3. The molecular formula is C24H26N4O3. The number of aryl methyl sites for hydroxylation is 1. The van der Waals surface area contributed by atoms with E-state index in [9.17, 15) is 10.0 Å². The monoisotopic (exact) mass is 418 g/mol. The number of furan rings is 1. The Morgan fingerprint density at radius 3 is 2.68 bits per heavy atom. The summed E-state index contributed by atoms with van der Waals surface area (Å²) in [7, 11) is 5.74. The minimum Gasteiger partial charge on any atom is -0.459 e. The zero-order valence-electron chi connectivity index (χ0n) is 18.0. The van der Waals surface area contributed by atoms with Gasteiger partial charge in [0.2, 0.25) is 0 Å². The summed E-state index contributed by atoms with van der Waals surface area (Å²) >= 11 is 0. The lowest BCUT2D eigenvalue weighted by atomic mass is 9.94. The average Bonchev–Trinajstić information content (AvgIpc) is 3.43. The van der Waals surface area contributed by atoms with Crippen LogP contribution in [0.15, 0.2) is 58.6 Å². The molecule has 7 nitrogen and oxygen atoms in total. The molecule has 0 spiro atoms. The zero-order chi connectivity index (χ0) is 22.0. The van der Waals surface area contributed by atoms with E-state index in [1.54, 1.807) is 24.4 Å². The lowest BCUT2D eigenvalue weighted by molar-refractivity contribution is 0.0756. The number of benzene rings is 1. The van der Waals surface area contributed by atoms with E-state index in [1.165, 1.54) is 0 Å². The molecule has 31 heavy (non-hydrogen) atoms. The highest BCUT2D eigenvalue weighted by atomic mass is 16.4. The molecule has 3 aromatic rings. The number of carbonyl (C=O) groups is 1. The summed E-state index contributed by atoms with van der Waals surface area (Å²) in [5.74, 6) is 0.173. The SMILES string of the molecule is CN(C)CCN(C)C(=O)c1occc1-c1ccncc1-c1ccc2c(c1)CCC2=NO. The number of nitrogens with zero attached hydrogens (tertiary/aromatic N) is 4. The molecule has 4 rings (SSSR count). The van der Waals surface area contributed by atoms with Gasteiger partial charge in [0.15, 0.2) is 5.76 Å². The third-order valence-electron chi connectivity index (χ3n) is 5.68. The molecule has 0 unspecified atom stereocenters. The summed E-state index contributed by atoms with van der Waals surface area (Å²) in [6.07, 6.45) is 6.65. The van der Waals surface area contributed by atoms with Crippen LogP contribution in [-0.4, -0.2) is 65.8 Å². The number of likely N-dealkylation sites (N-methyl/N-ethyl adjacent to an activating group) is 2. The first-order valence-electron chi connectivity index (χ1n) is 10.3. The Morgan fingerprint density at radius 1 is 1.06 bits per heavy atom. The molecule has 1 aromatic carbocycles. The van der Waals surface area contributed by atoms with Gasteiger partial charge in [0.05, 0.1) is 12.0 Å². The summed E-state index contributed by atoms with van der Waals surface area (Å²) < 4.78 is 5.63. The van der Waals surface area contributed by atoms with Gasteiger partial charge in [-0.2, -0.15) is 0 Å². The van der Waals surface area contributed by atoms with Crippen LogP contribution in [0, 0.1) is 0 Å². The van der Waals surface area contributed by atoms with Crippen molar-refractivity contribution in [3.05, 3.63) is 65.9 Å². The predicted octanol–water partition coefficient (Wildman–Crippen LogP) is 3.77. The van der Waals surface area contributed by atoms with Crippen LogP contribution in [0.25, 0.3) is 22.3 Å². The molecule has 2 aromatic heterocycles. The average molecular weight is 418 g/mol. The fraction of sp³-hybridized carbons (Fsp3) is 0.292. The second-order valence-corrected chi connectivity index (χ2v) is 8.03. The maximum atomic E-state index is 13.0. The van der Waals surface area contributed by atoms with E-state index in [4.69, 9.17) is 4.42 Å². The third kappa shape index (κ3) is 4.09. The van der Waals surface area contributed by atoms with Crippen LogP contribution in [0.4, 0.5) is 0 Å². The number of hydrogen-bond donors (Lipinski definition) is 1. The van der Waals surface area contributed by atoms with Gasteiger partial charge in [-0.3, -0.25) is 9.78 Å². The Balaban J connectivity index is 1.70. The topological polar surface area (TPSA) is 82.2 Å². The van der Waals surface area contributed by atoms with Crippen LogP contribution in [0.2, 0.25) is 0 Å². The molecule has 1 amide bonds. The zero-order valence-corrected chi connectivity index (χ0v) is 18.0. The Kier molecular flexibility index (Phi) is 5.86. The number of fused-ring (bicyclic) bond motifs is 1. The first kappa shape index (κ1) is 20.8.